The van der Waals surface area contributed by atoms with Crippen LogP contribution < -0.4 is 34.7 Å². The van der Waals surface area contributed by atoms with Gasteiger partial charge in [0, 0.05) is 11.9 Å². The number of carboxylic acids is 1. The van der Waals surface area contributed by atoms with Gasteiger partial charge in [0.25, 0.3) is 0 Å². The topological polar surface area (TPSA) is 83.5 Å². The number of ether oxygens (including phenoxy) is 1. The number of carbonyl (C=O) groups is 3. The molecule has 0 aromatic rings. The number of Topliss-reactive ketones (excluding diaryl/α,β-unsaturated/α-hetero) is 1. The molecule has 0 heterocycles. The zero-order chi connectivity index (χ0) is 22.6. The van der Waals surface area contributed by atoms with Crippen LogP contribution in [0, 0.1) is 40.4 Å². The van der Waals surface area contributed by atoms with Crippen molar-refractivity contribution in [2.45, 2.75) is 104 Å². The summed E-state index contributed by atoms with van der Waals surface area (Å²) in [6, 6.07) is 0. The average molecular weight is 455 g/mol. The first kappa shape index (κ1) is 26.2. The molecule has 0 N–H and O–H groups in total. The van der Waals surface area contributed by atoms with Gasteiger partial charge in [-0.1, -0.05) is 13.8 Å². The van der Waals surface area contributed by atoms with Gasteiger partial charge in [-0.2, -0.15) is 0 Å². The summed E-state index contributed by atoms with van der Waals surface area (Å²) in [6.07, 6.45) is 9.45. The Kier molecular flexibility index (Phi) is 7.65. The van der Waals surface area contributed by atoms with Crippen LogP contribution in [0.2, 0.25) is 0 Å². The van der Waals surface area contributed by atoms with Gasteiger partial charge in [-0.3, -0.25) is 9.59 Å². The third kappa shape index (κ3) is 4.47. The van der Waals surface area contributed by atoms with Crippen molar-refractivity contribution in [2.75, 3.05) is 0 Å². The fourth-order valence-corrected chi connectivity index (χ4v) is 8.71. The molecule has 174 valence electrons. The number of hydrogen-bond acceptors (Lipinski definition) is 5. The van der Waals surface area contributed by atoms with E-state index in [0.717, 1.165) is 31.6 Å². The van der Waals surface area contributed by atoms with Gasteiger partial charge in [-0.25, -0.2) is 0 Å². The van der Waals surface area contributed by atoms with E-state index in [4.69, 9.17) is 4.74 Å². The van der Waals surface area contributed by atoms with Crippen LogP contribution in [0.1, 0.15) is 98.3 Å². The van der Waals surface area contributed by atoms with Crippen LogP contribution in [-0.4, -0.2) is 23.3 Å². The SMILES string of the molecule is CC(=O)[C@H]1CC[C@H]2[C@@H]3CC[C@H]4C[C@](C)(OC(=O)CCC(=O)[O-])CC[C@]4(C)[C@H]3CC[C@]12C.[Na+]. The van der Waals surface area contributed by atoms with Crippen LogP contribution in [0.5, 0.6) is 0 Å². The predicted molar refractivity (Wildman–Crippen MR) is 115 cm³/mol. The molecule has 4 aliphatic rings. The van der Waals surface area contributed by atoms with Crippen LogP contribution in [-0.2, 0) is 19.1 Å². The Labute approximate surface area is 215 Å². The van der Waals surface area contributed by atoms with Crippen molar-refractivity contribution in [1.82, 2.24) is 0 Å². The minimum atomic E-state index is -1.21. The summed E-state index contributed by atoms with van der Waals surface area (Å²) in [6.45, 7) is 8.69. The Balaban J connectivity index is 0.00000289. The number of fused-ring (bicyclic) bond motifs is 5. The molecule has 4 saturated carbocycles. The summed E-state index contributed by atoms with van der Waals surface area (Å²) in [5.74, 6) is 1.65. The number of carbonyl (C=O) groups excluding carboxylic acids is 3. The fraction of sp³-hybridized carbons (Fsp3) is 0.885. The molecule has 8 atom stereocenters. The maximum atomic E-state index is 12.3. The molecule has 0 unspecified atom stereocenters. The van der Waals surface area contributed by atoms with Crippen LogP contribution in [0.3, 0.4) is 0 Å². The fourth-order valence-electron chi connectivity index (χ4n) is 8.71. The Morgan fingerprint density at radius 3 is 2.22 bits per heavy atom. The van der Waals surface area contributed by atoms with Gasteiger partial charge in [0.1, 0.15) is 11.4 Å². The van der Waals surface area contributed by atoms with Gasteiger partial charge in [0.15, 0.2) is 0 Å². The molecular formula is C26H39NaO5. The number of ketones is 1. The van der Waals surface area contributed by atoms with Gasteiger partial charge in [0.05, 0.1) is 6.42 Å². The van der Waals surface area contributed by atoms with E-state index in [2.05, 4.69) is 13.8 Å². The second kappa shape index (κ2) is 9.34. The molecule has 0 radical (unpaired) electrons. The normalized spacial score (nSPS) is 44.9. The Bertz CT molecular complexity index is 767. The van der Waals surface area contributed by atoms with Crippen LogP contribution in [0.15, 0.2) is 0 Å². The molecule has 0 bridgehead atoms. The van der Waals surface area contributed by atoms with Crippen LogP contribution >= 0.6 is 0 Å². The molecule has 32 heavy (non-hydrogen) atoms. The quantitative estimate of drug-likeness (QED) is 0.458. The van der Waals surface area contributed by atoms with Gasteiger partial charge in [-0.05, 0) is 113 Å². The maximum Gasteiger partial charge on any atom is 1.00 e. The summed E-state index contributed by atoms with van der Waals surface area (Å²) in [5, 5.41) is 10.7. The molecule has 0 aromatic heterocycles. The minimum absolute atomic E-state index is 0. The number of hydrogen-bond donors (Lipinski definition) is 0. The Morgan fingerprint density at radius 1 is 0.875 bits per heavy atom. The van der Waals surface area contributed by atoms with Crippen molar-refractivity contribution in [3.63, 3.8) is 0 Å². The van der Waals surface area contributed by atoms with E-state index in [1.54, 1.807) is 6.92 Å². The number of esters is 1. The number of aliphatic carboxylic acids is 1. The van der Waals surface area contributed by atoms with Crippen LogP contribution in [0.4, 0.5) is 0 Å². The third-order valence-corrected chi connectivity index (χ3v) is 10.3. The van der Waals surface area contributed by atoms with Gasteiger partial charge < -0.3 is 14.6 Å². The number of rotatable bonds is 5. The first-order valence-electron chi connectivity index (χ1n) is 12.4. The van der Waals surface area contributed by atoms with E-state index in [-0.39, 0.29) is 59.1 Å². The first-order valence-corrected chi connectivity index (χ1v) is 12.4. The van der Waals surface area contributed by atoms with E-state index in [0.29, 0.717) is 23.5 Å². The van der Waals surface area contributed by atoms with E-state index in [1.807, 2.05) is 6.92 Å². The van der Waals surface area contributed by atoms with E-state index < -0.39 is 17.5 Å². The zero-order valence-electron chi connectivity index (χ0n) is 20.7. The second-order valence-corrected chi connectivity index (χ2v) is 11.9. The third-order valence-electron chi connectivity index (χ3n) is 10.3. The molecule has 0 aliphatic heterocycles. The monoisotopic (exact) mass is 454 g/mol. The van der Waals surface area contributed by atoms with E-state index >= 15 is 0 Å². The van der Waals surface area contributed by atoms with E-state index in [9.17, 15) is 19.5 Å². The molecule has 6 heteroatoms. The smallest absolute Gasteiger partial charge is 0.550 e. The zero-order valence-corrected chi connectivity index (χ0v) is 22.7. The Morgan fingerprint density at radius 2 is 1.56 bits per heavy atom. The number of carboxylic acid groups (broad SMARTS) is 1. The van der Waals surface area contributed by atoms with Crippen molar-refractivity contribution in [2.24, 2.45) is 40.4 Å². The largest absolute Gasteiger partial charge is 1.00 e. The van der Waals surface area contributed by atoms with Gasteiger partial charge in [-0.15, -0.1) is 0 Å². The molecule has 0 amide bonds. The molecule has 0 aromatic carbocycles. The van der Waals surface area contributed by atoms with Crippen LogP contribution in [0.25, 0.3) is 0 Å². The molecule has 4 rings (SSSR count). The summed E-state index contributed by atoms with van der Waals surface area (Å²) >= 11 is 0. The molecule has 4 fully saturated rings. The average Bonchev–Trinajstić information content (AvgIpc) is 3.04. The first-order chi connectivity index (χ1) is 14.5. The Hall–Kier alpha value is -0.390. The van der Waals surface area contributed by atoms with Gasteiger partial charge >= 0.3 is 35.5 Å². The van der Waals surface area contributed by atoms with E-state index in [1.165, 1.54) is 32.1 Å². The molecule has 0 saturated heterocycles. The predicted octanol–water partition coefficient (Wildman–Crippen LogP) is 1.07. The summed E-state index contributed by atoms with van der Waals surface area (Å²) in [4.78, 5) is 35.2. The summed E-state index contributed by atoms with van der Waals surface area (Å²) < 4.78 is 5.82. The van der Waals surface area contributed by atoms with Crippen molar-refractivity contribution in [1.29, 1.82) is 0 Å². The minimum Gasteiger partial charge on any atom is -0.550 e. The molecule has 5 nitrogen and oxygen atoms in total. The van der Waals surface area contributed by atoms with Crippen molar-refractivity contribution in [3.05, 3.63) is 0 Å². The molecule has 4 aliphatic carbocycles. The van der Waals surface area contributed by atoms with Crippen molar-refractivity contribution in [3.8, 4) is 0 Å². The standard InChI is InChI=1S/C26H40O5.Na/c1-16(27)19-7-8-20-18-6-5-17-15-24(2,31-23(30)10-9-22(28)29)13-14-25(17,3)21(18)11-12-26(19,20)4;/h17-21H,5-15H2,1-4H3,(H,28,29);/q;+1/p-1/t17-,18-,19+,20-,21-,24+,25-,26+;/m0./s1. The second-order valence-electron chi connectivity index (χ2n) is 11.9. The van der Waals surface area contributed by atoms with Gasteiger partial charge in [0.2, 0.25) is 0 Å². The molecular weight excluding hydrogens is 415 g/mol. The molecule has 0 spiro atoms. The summed E-state index contributed by atoms with van der Waals surface area (Å²) in [5.41, 5.74) is -0.0281. The van der Waals surface area contributed by atoms with Crippen molar-refractivity contribution < 1.29 is 53.8 Å². The van der Waals surface area contributed by atoms with Crippen molar-refractivity contribution >= 4 is 17.7 Å². The summed E-state index contributed by atoms with van der Waals surface area (Å²) in [7, 11) is 0. The maximum absolute atomic E-state index is 12.3.